The number of hydrogen-bond donors (Lipinski definition) is 2. The molecule has 0 saturated carbocycles. The molecule has 1 unspecified atom stereocenters. The summed E-state index contributed by atoms with van der Waals surface area (Å²) < 4.78 is 52.6. The van der Waals surface area contributed by atoms with E-state index in [1.54, 1.807) is 19.2 Å². The van der Waals surface area contributed by atoms with Crippen molar-refractivity contribution in [3.05, 3.63) is 28.2 Å². The van der Waals surface area contributed by atoms with Crippen molar-refractivity contribution >= 4 is 55.7 Å². The summed E-state index contributed by atoms with van der Waals surface area (Å²) >= 11 is 3.29. The van der Waals surface area contributed by atoms with E-state index in [0.717, 1.165) is 4.47 Å². The van der Waals surface area contributed by atoms with Crippen molar-refractivity contribution in [3.8, 4) is 5.75 Å². The Morgan fingerprint density at radius 3 is 2.58 bits per heavy atom. The third-order valence-electron chi connectivity index (χ3n) is 3.21. The minimum atomic E-state index is -3.03. The van der Waals surface area contributed by atoms with Gasteiger partial charge in [0.15, 0.2) is 5.96 Å². The van der Waals surface area contributed by atoms with Crippen LogP contribution >= 0.6 is 39.9 Å². The van der Waals surface area contributed by atoms with Crippen molar-refractivity contribution < 1.29 is 21.9 Å². The van der Waals surface area contributed by atoms with E-state index in [4.69, 9.17) is 0 Å². The zero-order chi connectivity index (χ0) is 19.0. The van der Waals surface area contributed by atoms with Crippen LogP contribution in [0.5, 0.6) is 5.75 Å². The summed E-state index contributed by atoms with van der Waals surface area (Å²) in [6, 6.07) is 4.62. The first kappa shape index (κ1) is 25.3. The van der Waals surface area contributed by atoms with E-state index in [9.17, 15) is 17.2 Å². The van der Waals surface area contributed by atoms with Crippen LogP contribution in [0.3, 0.4) is 0 Å². The largest absolute Gasteiger partial charge is 0.434 e. The van der Waals surface area contributed by atoms with Crippen LogP contribution in [0.15, 0.2) is 27.7 Å². The van der Waals surface area contributed by atoms with Gasteiger partial charge in [-0.15, -0.1) is 24.0 Å². The minimum Gasteiger partial charge on any atom is -0.434 e. The van der Waals surface area contributed by atoms with E-state index in [1.165, 1.54) is 12.3 Å². The third-order valence-corrected chi connectivity index (χ3v) is 4.68. The van der Waals surface area contributed by atoms with Gasteiger partial charge in [0.1, 0.15) is 15.6 Å². The predicted molar refractivity (Wildman–Crippen MR) is 113 cm³/mol. The summed E-state index contributed by atoms with van der Waals surface area (Å²) in [6.07, 6.45) is 1.61. The van der Waals surface area contributed by atoms with E-state index < -0.39 is 16.4 Å². The van der Waals surface area contributed by atoms with Gasteiger partial charge in [-0.05, 0) is 31.5 Å². The summed E-state index contributed by atoms with van der Waals surface area (Å²) in [5.74, 6) is 0.575. The molecule has 0 heterocycles. The van der Waals surface area contributed by atoms with Gasteiger partial charge in [-0.3, -0.25) is 4.99 Å². The zero-order valence-corrected chi connectivity index (χ0v) is 19.4. The van der Waals surface area contributed by atoms with Crippen LogP contribution in [0.1, 0.15) is 18.9 Å². The Kier molecular flexibility index (Phi) is 11.6. The average molecular weight is 570 g/mol. The first-order chi connectivity index (χ1) is 11.6. The molecule has 0 spiro atoms. The molecule has 0 radical (unpaired) electrons. The number of rotatable bonds is 8. The molecule has 0 aliphatic rings. The Bertz CT molecular complexity index is 705. The molecular weight excluding hydrogens is 547 g/mol. The van der Waals surface area contributed by atoms with Crippen molar-refractivity contribution in [1.29, 1.82) is 0 Å². The van der Waals surface area contributed by atoms with Crippen molar-refractivity contribution in [2.45, 2.75) is 32.5 Å². The van der Waals surface area contributed by atoms with Gasteiger partial charge in [-0.2, -0.15) is 8.78 Å². The molecular formula is C15H23BrF2IN3O3S. The van der Waals surface area contributed by atoms with E-state index >= 15 is 0 Å². The van der Waals surface area contributed by atoms with Gasteiger partial charge >= 0.3 is 6.61 Å². The summed E-state index contributed by atoms with van der Waals surface area (Å²) in [5.41, 5.74) is 0.529. The molecule has 150 valence electrons. The SMILES string of the molecule is CN=C(NCc1cc(Br)ccc1OC(F)F)NC(C)CCS(C)(=O)=O.I. The molecule has 1 aromatic carbocycles. The highest BCUT2D eigenvalue weighted by Gasteiger charge is 2.12. The van der Waals surface area contributed by atoms with Gasteiger partial charge in [0, 0.05) is 35.9 Å². The number of benzene rings is 1. The molecule has 0 saturated heterocycles. The first-order valence-corrected chi connectivity index (χ1v) is 10.3. The molecule has 11 heteroatoms. The highest BCUT2D eigenvalue weighted by molar-refractivity contribution is 14.0. The van der Waals surface area contributed by atoms with Gasteiger partial charge in [-0.1, -0.05) is 15.9 Å². The number of nitrogens with one attached hydrogen (secondary N) is 2. The number of aliphatic imine (C=N–C) groups is 1. The van der Waals surface area contributed by atoms with E-state index in [2.05, 4.69) is 36.3 Å². The van der Waals surface area contributed by atoms with Crippen molar-refractivity contribution in [3.63, 3.8) is 0 Å². The van der Waals surface area contributed by atoms with Crippen LogP contribution in [-0.4, -0.2) is 46.1 Å². The normalized spacial score (nSPS) is 13.1. The Balaban J connectivity index is 0.00000625. The molecule has 2 N–H and O–H groups in total. The van der Waals surface area contributed by atoms with Crippen molar-refractivity contribution in [2.24, 2.45) is 4.99 Å². The Hall–Kier alpha value is -0.690. The van der Waals surface area contributed by atoms with Gasteiger partial charge in [0.05, 0.1) is 5.75 Å². The molecule has 0 amide bonds. The molecule has 1 atom stereocenters. The summed E-state index contributed by atoms with van der Waals surface area (Å²) in [4.78, 5) is 4.04. The van der Waals surface area contributed by atoms with Crippen LogP contribution < -0.4 is 15.4 Å². The second kappa shape index (κ2) is 11.9. The fourth-order valence-corrected chi connectivity index (χ4v) is 3.16. The van der Waals surface area contributed by atoms with Crippen LogP contribution in [0.2, 0.25) is 0 Å². The number of ether oxygens (including phenoxy) is 1. The number of guanidine groups is 1. The average Bonchev–Trinajstić information content (AvgIpc) is 2.50. The third kappa shape index (κ3) is 10.5. The molecule has 0 fully saturated rings. The molecule has 26 heavy (non-hydrogen) atoms. The van der Waals surface area contributed by atoms with Gasteiger partial charge < -0.3 is 15.4 Å². The molecule has 1 aromatic rings. The fraction of sp³-hybridized carbons (Fsp3) is 0.533. The van der Waals surface area contributed by atoms with E-state index in [1.807, 2.05) is 6.92 Å². The van der Waals surface area contributed by atoms with Crippen molar-refractivity contribution in [2.75, 3.05) is 19.1 Å². The van der Waals surface area contributed by atoms with Crippen molar-refractivity contribution in [1.82, 2.24) is 10.6 Å². The number of sulfone groups is 1. The highest BCUT2D eigenvalue weighted by Crippen LogP contribution is 2.24. The van der Waals surface area contributed by atoms with Crippen LogP contribution in [0.25, 0.3) is 0 Å². The number of hydrogen-bond acceptors (Lipinski definition) is 4. The lowest BCUT2D eigenvalue weighted by Crippen LogP contribution is -2.42. The Morgan fingerprint density at radius 2 is 2.04 bits per heavy atom. The zero-order valence-electron chi connectivity index (χ0n) is 14.6. The molecule has 0 aromatic heterocycles. The first-order valence-electron chi connectivity index (χ1n) is 7.49. The smallest absolute Gasteiger partial charge is 0.387 e. The van der Waals surface area contributed by atoms with E-state index in [0.29, 0.717) is 17.9 Å². The second-order valence-corrected chi connectivity index (χ2v) is 8.70. The quantitative estimate of drug-likeness (QED) is 0.286. The predicted octanol–water partition coefficient (Wildman–Crippen LogP) is 3.16. The van der Waals surface area contributed by atoms with Crippen LogP contribution in [-0.2, 0) is 16.4 Å². The maximum Gasteiger partial charge on any atom is 0.387 e. The summed E-state index contributed by atoms with van der Waals surface area (Å²) in [6.45, 7) is -0.865. The molecule has 1 rings (SSSR count). The topological polar surface area (TPSA) is 79.8 Å². The lowest BCUT2D eigenvalue weighted by molar-refractivity contribution is -0.0504. The maximum atomic E-state index is 12.5. The molecule has 0 bridgehead atoms. The van der Waals surface area contributed by atoms with Crippen LogP contribution in [0.4, 0.5) is 8.78 Å². The van der Waals surface area contributed by atoms with E-state index in [-0.39, 0.29) is 48.1 Å². The monoisotopic (exact) mass is 569 g/mol. The van der Waals surface area contributed by atoms with Gasteiger partial charge in [0.25, 0.3) is 0 Å². The standard InChI is InChI=1S/C15H22BrF2N3O3S.HI/c1-10(6-7-25(3,22)23)21-15(19-2)20-9-11-8-12(16)4-5-13(11)24-14(17)18;/h4-5,8,10,14H,6-7,9H2,1-3H3,(H2,19,20,21);1H. The lowest BCUT2D eigenvalue weighted by atomic mass is 10.2. The number of halogens is 4. The fourth-order valence-electron chi connectivity index (χ4n) is 1.97. The minimum absolute atomic E-state index is 0. The van der Waals surface area contributed by atoms with Gasteiger partial charge in [0.2, 0.25) is 0 Å². The molecule has 6 nitrogen and oxygen atoms in total. The molecule has 0 aliphatic heterocycles. The second-order valence-electron chi connectivity index (χ2n) is 5.52. The number of nitrogens with zero attached hydrogens (tertiary/aromatic N) is 1. The molecule has 0 aliphatic carbocycles. The lowest BCUT2D eigenvalue weighted by Gasteiger charge is -2.18. The number of alkyl halides is 2. The summed E-state index contributed by atoms with van der Waals surface area (Å²) in [5, 5.41) is 6.06. The highest BCUT2D eigenvalue weighted by atomic mass is 127. The van der Waals surface area contributed by atoms with Gasteiger partial charge in [-0.25, -0.2) is 8.42 Å². The van der Waals surface area contributed by atoms with Crippen LogP contribution in [0, 0.1) is 0 Å². The summed E-state index contributed by atoms with van der Waals surface area (Å²) in [7, 11) is -1.47. The Morgan fingerprint density at radius 1 is 1.38 bits per heavy atom. The Labute approximate surface area is 178 Å². The maximum absolute atomic E-state index is 12.5.